The number of nitrogens with one attached hydrogen (secondary N) is 1. The van der Waals surface area contributed by atoms with Crippen LogP contribution in [-0.4, -0.2) is 38.8 Å². The van der Waals surface area contributed by atoms with Crippen LogP contribution in [0.4, 0.5) is 0 Å². The Morgan fingerprint density at radius 1 is 1.27 bits per heavy atom. The summed E-state index contributed by atoms with van der Waals surface area (Å²) in [6, 6.07) is 0.819. The molecular weight excluding hydrogens is 226 g/mol. The van der Waals surface area contributed by atoms with Crippen molar-refractivity contribution in [2.75, 3.05) is 17.8 Å². The summed E-state index contributed by atoms with van der Waals surface area (Å²) >= 11 is 1.96. The van der Waals surface area contributed by atoms with E-state index in [2.05, 4.69) is 39.9 Å². The third-order valence-corrected chi connectivity index (χ3v) is 4.32. The van der Waals surface area contributed by atoms with Gasteiger partial charge in [0.15, 0.2) is 0 Å². The molecule has 0 rings (SSSR count). The Morgan fingerprint density at radius 2 is 1.80 bits per heavy atom. The Balaban J connectivity index is 3.73. The molecule has 0 heterocycles. The van der Waals surface area contributed by atoms with Gasteiger partial charge in [0.1, 0.15) is 0 Å². The van der Waals surface area contributed by atoms with E-state index in [0.717, 1.165) is 11.5 Å². The third kappa shape index (κ3) is 10.7. The van der Waals surface area contributed by atoms with E-state index >= 15 is 0 Å². The SMILES string of the molecule is CC(CSC(C)(C)C)NC(C)CS(C)=O. The maximum atomic E-state index is 11.0. The Labute approximate surface area is 101 Å². The number of hydrogen-bond donors (Lipinski definition) is 1. The first-order chi connectivity index (χ1) is 6.70. The van der Waals surface area contributed by atoms with Crippen molar-refractivity contribution in [2.45, 2.75) is 51.4 Å². The molecule has 0 aliphatic carbocycles. The molecule has 0 aromatic heterocycles. The molecule has 0 amide bonds. The molecule has 0 saturated heterocycles. The summed E-state index contributed by atoms with van der Waals surface area (Å²) < 4.78 is 11.3. The molecule has 3 atom stereocenters. The molecule has 1 N–H and O–H groups in total. The van der Waals surface area contributed by atoms with Gasteiger partial charge in [-0.15, -0.1) is 0 Å². The van der Waals surface area contributed by atoms with Gasteiger partial charge in [0.25, 0.3) is 0 Å². The van der Waals surface area contributed by atoms with E-state index in [1.165, 1.54) is 0 Å². The van der Waals surface area contributed by atoms with Crippen molar-refractivity contribution >= 4 is 22.6 Å². The van der Waals surface area contributed by atoms with Gasteiger partial charge >= 0.3 is 0 Å². The maximum absolute atomic E-state index is 11.0. The van der Waals surface area contributed by atoms with Crippen molar-refractivity contribution in [2.24, 2.45) is 0 Å². The van der Waals surface area contributed by atoms with Gasteiger partial charge in [-0.05, 0) is 13.8 Å². The zero-order chi connectivity index (χ0) is 12.1. The van der Waals surface area contributed by atoms with E-state index in [1.807, 2.05) is 11.8 Å². The molecule has 4 heteroatoms. The fourth-order valence-electron chi connectivity index (χ4n) is 1.31. The van der Waals surface area contributed by atoms with E-state index in [4.69, 9.17) is 0 Å². The average Bonchev–Trinajstić information content (AvgIpc) is 1.97. The van der Waals surface area contributed by atoms with Crippen LogP contribution in [0, 0.1) is 0 Å². The molecular formula is C11H25NOS2. The highest BCUT2D eigenvalue weighted by Crippen LogP contribution is 2.23. The number of rotatable bonds is 6. The quantitative estimate of drug-likeness (QED) is 0.785. The second kappa shape index (κ2) is 6.92. The molecule has 0 aliphatic heterocycles. The molecule has 92 valence electrons. The molecule has 3 unspecified atom stereocenters. The molecule has 0 aromatic carbocycles. The topological polar surface area (TPSA) is 29.1 Å². The van der Waals surface area contributed by atoms with E-state index < -0.39 is 10.8 Å². The highest BCUT2D eigenvalue weighted by Gasteiger charge is 2.14. The summed E-state index contributed by atoms with van der Waals surface area (Å²) in [7, 11) is -0.702. The predicted molar refractivity (Wildman–Crippen MR) is 73.2 cm³/mol. The molecule has 0 aromatic rings. The molecule has 0 bridgehead atoms. The summed E-state index contributed by atoms with van der Waals surface area (Å²) in [4.78, 5) is 0. The van der Waals surface area contributed by atoms with E-state index in [-0.39, 0.29) is 0 Å². The van der Waals surface area contributed by atoms with Crippen LogP contribution >= 0.6 is 11.8 Å². The minimum Gasteiger partial charge on any atom is -0.310 e. The summed E-state index contributed by atoms with van der Waals surface area (Å²) in [6.45, 7) is 11.0. The second-order valence-electron chi connectivity index (χ2n) is 5.13. The van der Waals surface area contributed by atoms with Gasteiger partial charge in [-0.3, -0.25) is 4.21 Å². The van der Waals surface area contributed by atoms with Crippen LogP contribution in [0.25, 0.3) is 0 Å². The monoisotopic (exact) mass is 251 g/mol. The molecule has 0 aliphatic rings. The molecule has 0 saturated carbocycles. The van der Waals surface area contributed by atoms with Gasteiger partial charge in [-0.25, -0.2) is 0 Å². The minimum atomic E-state index is -0.702. The van der Waals surface area contributed by atoms with Crippen LogP contribution in [0.1, 0.15) is 34.6 Å². The van der Waals surface area contributed by atoms with Crippen molar-refractivity contribution in [1.82, 2.24) is 5.32 Å². The van der Waals surface area contributed by atoms with Crippen LogP contribution in [0.15, 0.2) is 0 Å². The summed E-state index contributed by atoms with van der Waals surface area (Å²) in [5.41, 5.74) is 0. The Kier molecular flexibility index (Phi) is 7.13. The standard InChI is InChI=1S/C11H25NOS2/c1-9(7-14-11(3,4)5)12-10(2)8-15(6)13/h9-10,12H,7-8H2,1-6H3. The van der Waals surface area contributed by atoms with Gasteiger partial charge in [0.2, 0.25) is 0 Å². The van der Waals surface area contributed by atoms with Gasteiger partial charge < -0.3 is 5.32 Å². The molecule has 15 heavy (non-hydrogen) atoms. The maximum Gasteiger partial charge on any atom is 0.0383 e. The number of hydrogen-bond acceptors (Lipinski definition) is 3. The third-order valence-electron chi connectivity index (χ3n) is 1.82. The van der Waals surface area contributed by atoms with E-state index in [0.29, 0.717) is 16.8 Å². The van der Waals surface area contributed by atoms with Crippen molar-refractivity contribution in [3.05, 3.63) is 0 Å². The van der Waals surface area contributed by atoms with Gasteiger partial charge in [0, 0.05) is 45.4 Å². The van der Waals surface area contributed by atoms with Crippen molar-refractivity contribution < 1.29 is 4.21 Å². The van der Waals surface area contributed by atoms with Crippen molar-refractivity contribution in [3.8, 4) is 0 Å². The molecule has 0 radical (unpaired) electrons. The van der Waals surface area contributed by atoms with Crippen LogP contribution in [0.5, 0.6) is 0 Å². The van der Waals surface area contributed by atoms with Crippen molar-refractivity contribution in [1.29, 1.82) is 0 Å². The van der Waals surface area contributed by atoms with Gasteiger partial charge in [-0.1, -0.05) is 20.8 Å². The number of thioether (sulfide) groups is 1. The van der Waals surface area contributed by atoms with E-state index in [9.17, 15) is 4.21 Å². The Hall–Kier alpha value is 0.460. The lowest BCUT2D eigenvalue weighted by atomic mass is 10.3. The van der Waals surface area contributed by atoms with Gasteiger partial charge in [0.05, 0.1) is 0 Å². The Bertz CT molecular complexity index is 201. The second-order valence-corrected chi connectivity index (χ2v) is 8.46. The first-order valence-electron chi connectivity index (χ1n) is 5.40. The Morgan fingerprint density at radius 3 is 2.20 bits per heavy atom. The summed E-state index contributed by atoms with van der Waals surface area (Å²) in [5, 5.41) is 3.47. The molecule has 2 nitrogen and oxygen atoms in total. The van der Waals surface area contributed by atoms with Crippen LogP contribution < -0.4 is 5.32 Å². The van der Waals surface area contributed by atoms with Crippen LogP contribution in [-0.2, 0) is 10.8 Å². The van der Waals surface area contributed by atoms with Crippen LogP contribution in [0.3, 0.4) is 0 Å². The predicted octanol–water partition coefficient (Wildman–Crippen LogP) is 2.26. The normalized spacial score (nSPS) is 18.5. The largest absolute Gasteiger partial charge is 0.310 e. The minimum absolute atomic E-state index is 0.326. The smallest absolute Gasteiger partial charge is 0.0383 e. The molecule has 0 fully saturated rings. The highest BCUT2D eigenvalue weighted by molar-refractivity contribution is 8.00. The zero-order valence-electron chi connectivity index (χ0n) is 10.8. The summed E-state index contributed by atoms with van der Waals surface area (Å²) in [6.07, 6.45) is 1.76. The fourth-order valence-corrected chi connectivity index (χ4v) is 2.96. The first-order valence-corrected chi connectivity index (χ1v) is 8.12. The molecule has 0 spiro atoms. The lowest BCUT2D eigenvalue weighted by Gasteiger charge is -2.23. The average molecular weight is 251 g/mol. The lowest BCUT2D eigenvalue weighted by molar-refractivity contribution is 0.523. The van der Waals surface area contributed by atoms with Gasteiger partial charge in [-0.2, -0.15) is 11.8 Å². The summed E-state index contributed by atoms with van der Waals surface area (Å²) in [5.74, 6) is 1.84. The lowest BCUT2D eigenvalue weighted by Crippen LogP contribution is -2.39. The van der Waals surface area contributed by atoms with Crippen molar-refractivity contribution in [3.63, 3.8) is 0 Å². The zero-order valence-corrected chi connectivity index (χ0v) is 12.4. The van der Waals surface area contributed by atoms with E-state index in [1.54, 1.807) is 6.26 Å². The first kappa shape index (κ1) is 15.5. The fraction of sp³-hybridized carbons (Fsp3) is 1.00. The highest BCUT2D eigenvalue weighted by atomic mass is 32.2. The van der Waals surface area contributed by atoms with Crippen LogP contribution in [0.2, 0.25) is 0 Å².